The minimum Gasteiger partial charge on any atom is -0.388 e. The van der Waals surface area contributed by atoms with Crippen LogP contribution in [0.2, 0.25) is 0 Å². The van der Waals surface area contributed by atoms with Crippen molar-refractivity contribution < 1.29 is 9.90 Å². The Morgan fingerprint density at radius 2 is 2.25 bits per heavy atom. The first-order chi connectivity index (χ1) is 7.70. The Kier molecular flexibility index (Phi) is 3.36. The molecule has 16 heavy (non-hydrogen) atoms. The van der Waals surface area contributed by atoms with E-state index in [1.807, 2.05) is 18.2 Å². The van der Waals surface area contributed by atoms with Gasteiger partial charge in [0.15, 0.2) is 5.78 Å². The van der Waals surface area contributed by atoms with Gasteiger partial charge in [0.05, 0.1) is 6.10 Å². The largest absolute Gasteiger partial charge is 0.388 e. The third-order valence-electron chi connectivity index (χ3n) is 3.20. The minimum atomic E-state index is -0.532. The summed E-state index contributed by atoms with van der Waals surface area (Å²) in [6.07, 6.45) is 0.433. The summed E-state index contributed by atoms with van der Waals surface area (Å²) in [5, 5.41) is 13.5. The van der Waals surface area contributed by atoms with Crippen molar-refractivity contribution in [3.8, 4) is 0 Å². The van der Waals surface area contributed by atoms with Gasteiger partial charge in [0, 0.05) is 18.0 Å². The van der Waals surface area contributed by atoms with Gasteiger partial charge in [0.2, 0.25) is 0 Å². The molecule has 0 aromatic heterocycles. The Morgan fingerprint density at radius 3 is 2.88 bits per heavy atom. The predicted octanol–water partition coefficient (Wildman–Crippen LogP) is 1.53. The molecule has 2 N–H and O–H groups in total. The standard InChI is InChI=1S/C13H17NO2/c1-9(15)11-4-2-3-5-12(11)13(16)10-6-7-14-8-10/h2-5,10,13-14,16H,6-8H2,1H3. The highest BCUT2D eigenvalue weighted by atomic mass is 16.3. The van der Waals surface area contributed by atoms with E-state index in [1.165, 1.54) is 0 Å². The van der Waals surface area contributed by atoms with Crippen LogP contribution in [0.15, 0.2) is 24.3 Å². The second kappa shape index (κ2) is 4.76. The smallest absolute Gasteiger partial charge is 0.160 e. The van der Waals surface area contributed by atoms with Crippen LogP contribution >= 0.6 is 0 Å². The Morgan fingerprint density at radius 1 is 1.50 bits per heavy atom. The van der Waals surface area contributed by atoms with Crippen molar-refractivity contribution in [3.05, 3.63) is 35.4 Å². The highest BCUT2D eigenvalue weighted by Gasteiger charge is 2.26. The fourth-order valence-corrected chi connectivity index (χ4v) is 2.28. The molecule has 0 amide bonds. The quantitative estimate of drug-likeness (QED) is 0.758. The lowest BCUT2D eigenvalue weighted by Gasteiger charge is -2.19. The molecule has 1 aromatic carbocycles. The monoisotopic (exact) mass is 219 g/mol. The van der Waals surface area contributed by atoms with Gasteiger partial charge < -0.3 is 10.4 Å². The molecule has 1 aromatic rings. The molecule has 0 spiro atoms. The lowest BCUT2D eigenvalue weighted by molar-refractivity contribution is 0.0983. The van der Waals surface area contributed by atoms with E-state index in [2.05, 4.69) is 5.32 Å². The summed E-state index contributed by atoms with van der Waals surface area (Å²) < 4.78 is 0. The van der Waals surface area contributed by atoms with E-state index in [-0.39, 0.29) is 11.7 Å². The molecule has 1 aliphatic rings. The number of hydrogen-bond donors (Lipinski definition) is 2. The number of rotatable bonds is 3. The Labute approximate surface area is 95.5 Å². The third kappa shape index (κ3) is 2.15. The second-order valence-electron chi connectivity index (χ2n) is 4.34. The van der Waals surface area contributed by atoms with Gasteiger partial charge in [-0.3, -0.25) is 4.79 Å². The first-order valence-corrected chi connectivity index (χ1v) is 5.69. The number of aliphatic hydroxyl groups excluding tert-OH is 1. The number of hydrogen-bond acceptors (Lipinski definition) is 3. The van der Waals surface area contributed by atoms with E-state index in [0.717, 1.165) is 25.1 Å². The molecule has 1 fully saturated rings. The first-order valence-electron chi connectivity index (χ1n) is 5.69. The van der Waals surface area contributed by atoms with Crippen molar-refractivity contribution in [2.24, 2.45) is 5.92 Å². The summed E-state index contributed by atoms with van der Waals surface area (Å²) in [5.74, 6) is 0.237. The number of carbonyl (C=O) groups excluding carboxylic acids is 1. The molecule has 2 rings (SSSR count). The maximum atomic E-state index is 11.5. The fourth-order valence-electron chi connectivity index (χ4n) is 2.28. The zero-order chi connectivity index (χ0) is 11.5. The first kappa shape index (κ1) is 11.3. The SMILES string of the molecule is CC(=O)c1ccccc1C(O)C1CCNC1. The molecule has 1 aliphatic heterocycles. The van der Waals surface area contributed by atoms with E-state index in [9.17, 15) is 9.90 Å². The number of benzene rings is 1. The van der Waals surface area contributed by atoms with Crippen molar-refractivity contribution in [1.82, 2.24) is 5.32 Å². The molecule has 3 nitrogen and oxygen atoms in total. The topological polar surface area (TPSA) is 49.3 Å². The molecule has 2 atom stereocenters. The molecule has 0 bridgehead atoms. The zero-order valence-electron chi connectivity index (χ0n) is 9.44. The Balaban J connectivity index is 2.27. The zero-order valence-corrected chi connectivity index (χ0v) is 9.44. The van der Waals surface area contributed by atoms with Crippen molar-refractivity contribution >= 4 is 5.78 Å². The van der Waals surface area contributed by atoms with Gasteiger partial charge in [-0.05, 0) is 25.5 Å². The van der Waals surface area contributed by atoms with Crippen LogP contribution in [0.5, 0.6) is 0 Å². The number of Topliss-reactive ketones (excluding diaryl/α,β-unsaturated/α-hetero) is 1. The van der Waals surface area contributed by atoms with Gasteiger partial charge in [-0.15, -0.1) is 0 Å². The highest BCUT2D eigenvalue weighted by Crippen LogP contribution is 2.28. The van der Waals surface area contributed by atoms with Gasteiger partial charge in [0.1, 0.15) is 0 Å². The van der Waals surface area contributed by atoms with Crippen LogP contribution in [0.4, 0.5) is 0 Å². The van der Waals surface area contributed by atoms with Crippen LogP contribution in [0, 0.1) is 5.92 Å². The van der Waals surface area contributed by atoms with Gasteiger partial charge in [-0.1, -0.05) is 24.3 Å². The summed E-state index contributed by atoms with van der Waals surface area (Å²) in [5.41, 5.74) is 1.41. The normalized spacial score (nSPS) is 22.0. The Hall–Kier alpha value is -1.19. The fraction of sp³-hybridized carbons (Fsp3) is 0.462. The van der Waals surface area contributed by atoms with Gasteiger partial charge in [-0.25, -0.2) is 0 Å². The minimum absolute atomic E-state index is 0.0145. The van der Waals surface area contributed by atoms with Gasteiger partial charge in [-0.2, -0.15) is 0 Å². The van der Waals surface area contributed by atoms with Crippen molar-refractivity contribution in [1.29, 1.82) is 0 Å². The summed E-state index contributed by atoms with van der Waals surface area (Å²) in [7, 11) is 0. The lowest BCUT2D eigenvalue weighted by Crippen LogP contribution is -2.18. The van der Waals surface area contributed by atoms with Crippen LogP contribution in [-0.4, -0.2) is 24.0 Å². The van der Waals surface area contributed by atoms with Crippen LogP contribution in [-0.2, 0) is 0 Å². The van der Waals surface area contributed by atoms with Gasteiger partial charge >= 0.3 is 0 Å². The summed E-state index contributed by atoms with van der Waals surface area (Å²) in [6, 6.07) is 7.33. The van der Waals surface area contributed by atoms with Crippen LogP contribution in [0.3, 0.4) is 0 Å². The van der Waals surface area contributed by atoms with E-state index >= 15 is 0 Å². The maximum absolute atomic E-state index is 11.5. The van der Waals surface area contributed by atoms with Crippen LogP contribution in [0.1, 0.15) is 35.4 Å². The molecule has 0 radical (unpaired) electrons. The summed E-state index contributed by atoms with van der Waals surface area (Å²) in [6.45, 7) is 3.32. The average Bonchev–Trinajstić information content (AvgIpc) is 2.81. The van der Waals surface area contributed by atoms with E-state index < -0.39 is 6.10 Å². The average molecular weight is 219 g/mol. The lowest BCUT2D eigenvalue weighted by atomic mass is 9.91. The van der Waals surface area contributed by atoms with Crippen molar-refractivity contribution in [2.75, 3.05) is 13.1 Å². The Bertz CT molecular complexity index is 383. The molecule has 1 heterocycles. The molecule has 0 aliphatic carbocycles. The summed E-state index contributed by atoms with van der Waals surface area (Å²) >= 11 is 0. The van der Waals surface area contributed by atoms with Crippen molar-refractivity contribution in [2.45, 2.75) is 19.4 Å². The van der Waals surface area contributed by atoms with E-state index in [0.29, 0.717) is 5.56 Å². The number of aliphatic hydroxyl groups is 1. The second-order valence-corrected chi connectivity index (χ2v) is 4.34. The molecule has 3 heteroatoms. The number of carbonyl (C=O) groups is 1. The molecular weight excluding hydrogens is 202 g/mol. The highest BCUT2D eigenvalue weighted by molar-refractivity contribution is 5.95. The summed E-state index contributed by atoms with van der Waals surface area (Å²) in [4.78, 5) is 11.5. The maximum Gasteiger partial charge on any atom is 0.160 e. The van der Waals surface area contributed by atoms with Gasteiger partial charge in [0.25, 0.3) is 0 Å². The van der Waals surface area contributed by atoms with Crippen LogP contribution < -0.4 is 5.32 Å². The van der Waals surface area contributed by atoms with E-state index in [1.54, 1.807) is 13.0 Å². The predicted molar refractivity (Wildman–Crippen MR) is 62.4 cm³/mol. The van der Waals surface area contributed by atoms with Crippen molar-refractivity contribution in [3.63, 3.8) is 0 Å². The molecule has 1 saturated heterocycles. The van der Waals surface area contributed by atoms with Crippen LogP contribution in [0.25, 0.3) is 0 Å². The molecular formula is C13H17NO2. The molecule has 86 valence electrons. The third-order valence-corrected chi connectivity index (χ3v) is 3.20. The molecule has 0 saturated carbocycles. The number of nitrogens with one attached hydrogen (secondary N) is 1. The van der Waals surface area contributed by atoms with E-state index in [4.69, 9.17) is 0 Å². The molecule has 2 unspecified atom stereocenters. The number of ketones is 1.